The summed E-state index contributed by atoms with van der Waals surface area (Å²) < 4.78 is 4.92. The van der Waals surface area contributed by atoms with Gasteiger partial charge in [0.1, 0.15) is 0 Å². The van der Waals surface area contributed by atoms with Gasteiger partial charge in [-0.2, -0.15) is 0 Å². The molecule has 0 spiro atoms. The van der Waals surface area contributed by atoms with E-state index in [9.17, 15) is 9.59 Å². The number of carbonyl (C=O) groups excluding carboxylic acids is 2. The lowest BCUT2D eigenvalue weighted by atomic mass is 10.2. The first kappa shape index (κ1) is 19.0. The van der Waals surface area contributed by atoms with Crippen molar-refractivity contribution in [2.75, 3.05) is 38.7 Å². The highest BCUT2D eigenvalue weighted by Gasteiger charge is 2.10. The molecule has 2 rings (SSSR count). The number of nitrogens with zero attached hydrogens (tertiary/aromatic N) is 1. The molecule has 1 aromatic carbocycles. The molecular formula is C17H22N4O3S. The molecule has 0 atom stereocenters. The van der Waals surface area contributed by atoms with Crippen LogP contribution in [0.15, 0.2) is 35.7 Å². The van der Waals surface area contributed by atoms with Crippen molar-refractivity contribution in [3.05, 3.63) is 47.0 Å². The lowest BCUT2D eigenvalue weighted by Gasteiger charge is -2.05. The zero-order valence-corrected chi connectivity index (χ0v) is 14.9. The molecule has 0 aliphatic rings. The summed E-state index contributed by atoms with van der Waals surface area (Å²) in [5.74, 6) is -0.312. The summed E-state index contributed by atoms with van der Waals surface area (Å²) in [4.78, 5) is 28.2. The van der Waals surface area contributed by atoms with Gasteiger partial charge in [-0.25, -0.2) is 4.98 Å². The fraction of sp³-hybridized carbons (Fsp3) is 0.353. The normalized spacial score (nSPS) is 10.4. The number of benzene rings is 1. The van der Waals surface area contributed by atoms with Crippen molar-refractivity contribution >= 4 is 28.3 Å². The first-order valence-electron chi connectivity index (χ1n) is 7.96. The number of rotatable bonds is 10. The van der Waals surface area contributed by atoms with Gasteiger partial charge in [-0.3, -0.25) is 14.9 Å². The third kappa shape index (κ3) is 7.00. The Bertz CT molecular complexity index is 676. The highest BCUT2D eigenvalue weighted by atomic mass is 32.1. The predicted octanol–water partition coefficient (Wildman–Crippen LogP) is 1.29. The fourth-order valence-electron chi connectivity index (χ4n) is 2.02. The van der Waals surface area contributed by atoms with Gasteiger partial charge in [0, 0.05) is 37.7 Å². The van der Waals surface area contributed by atoms with Gasteiger partial charge in [-0.05, 0) is 12.1 Å². The van der Waals surface area contributed by atoms with Crippen LogP contribution in [0.25, 0.3) is 0 Å². The SMILES string of the molecule is COCCNCCNC(=O)Cc1csc(NC(=O)c2ccccc2)n1. The number of carbonyl (C=O) groups is 2. The predicted molar refractivity (Wildman–Crippen MR) is 98.0 cm³/mol. The Morgan fingerprint density at radius 1 is 1.16 bits per heavy atom. The van der Waals surface area contributed by atoms with E-state index in [0.29, 0.717) is 36.1 Å². The number of anilines is 1. The van der Waals surface area contributed by atoms with E-state index < -0.39 is 0 Å². The first-order valence-corrected chi connectivity index (χ1v) is 8.84. The molecular weight excluding hydrogens is 340 g/mol. The summed E-state index contributed by atoms with van der Waals surface area (Å²) in [5, 5.41) is 11.0. The van der Waals surface area contributed by atoms with Crippen LogP contribution in [0.4, 0.5) is 5.13 Å². The van der Waals surface area contributed by atoms with E-state index in [1.807, 2.05) is 6.07 Å². The zero-order chi connectivity index (χ0) is 17.9. The highest BCUT2D eigenvalue weighted by Crippen LogP contribution is 2.16. The second-order valence-corrected chi connectivity index (χ2v) is 6.09. The maximum Gasteiger partial charge on any atom is 0.257 e. The molecule has 1 heterocycles. The largest absolute Gasteiger partial charge is 0.383 e. The van der Waals surface area contributed by atoms with E-state index in [4.69, 9.17) is 4.74 Å². The Morgan fingerprint density at radius 2 is 1.96 bits per heavy atom. The standard InChI is InChI=1S/C17H22N4O3S/c1-24-10-9-18-7-8-19-15(22)11-14-12-25-17(20-14)21-16(23)13-5-3-2-4-6-13/h2-6,12,18H,7-11H2,1H3,(H,19,22)(H,20,21,23). The molecule has 25 heavy (non-hydrogen) atoms. The van der Waals surface area contributed by atoms with Gasteiger partial charge in [0.2, 0.25) is 5.91 Å². The van der Waals surface area contributed by atoms with E-state index in [1.165, 1.54) is 11.3 Å². The molecule has 2 amide bonds. The van der Waals surface area contributed by atoms with Crippen LogP contribution < -0.4 is 16.0 Å². The molecule has 0 saturated heterocycles. The van der Waals surface area contributed by atoms with Gasteiger partial charge < -0.3 is 15.4 Å². The fourth-order valence-corrected chi connectivity index (χ4v) is 2.73. The topological polar surface area (TPSA) is 92.4 Å². The van der Waals surface area contributed by atoms with E-state index in [0.717, 1.165) is 6.54 Å². The number of methoxy groups -OCH3 is 1. The minimum Gasteiger partial charge on any atom is -0.383 e. The van der Waals surface area contributed by atoms with Crippen molar-refractivity contribution < 1.29 is 14.3 Å². The minimum absolute atomic E-state index is 0.0974. The van der Waals surface area contributed by atoms with Crippen LogP contribution in [0.3, 0.4) is 0 Å². The van der Waals surface area contributed by atoms with Gasteiger partial charge in [-0.15, -0.1) is 11.3 Å². The maximum atomic E-state index is 12.1. The van der Waals surface area contributed by atoms with E-state index >= 15 is 0 Å². The lowest BCUT2D eigenvalue weighted by molar-refractivity contribution is -0.120. The Labute approximate surface area is 150 Å². The number of aromatic nitrogens is 1. The number of nitrogens with one attached hydrogen (secondary N) is 3. The molecule has 1 aromatic heterocycles. The number of amides is 2. The Hall–Kier alpha value is -2.29. The molecule has 0 unspecified atom stereocenters. The first-order chi connectivity index (χ1) is 12.2. The van der Waals surface area contributed by atoms with Crippen molar-refractivity contribution in [2.24, 2.45) is 0 Å². The molecule has 0 bridgehead atoms. The second-order valence-electron chi connectivity index (χ2n) is 5.23. The molecule has 0 aliphatic carbocycles. The smallest absolute Gasteiger partial charge is 0.257 e. The van der Waals surface area contributed by atoms with Gasteiger partial charge in [0.25, 0.3) is 5.91 Å². The van der Waals surface area contributed by atoms with Crippen molar-refractivity contribution in [2.45, 2.75) is 6.42 Å². The maximum absolute atomic E-state index is 12.1. The molecule has 0 saturated carbocycles. The van der Waals surface area contributed by atoms with Crippen LogP contribution in [0.2, 0.25) is 0 Å². The van der Waals surface area contributed by atoms with Gasteiger partial charge in [0.05, 0.1) is 18.7 Å². The van der Waals surface area contributed by atoms with Crippen LogP contribution in [0, 0.1) is 0 Å². The minimum atomic E-state index is -0.215. The number of hydrogen-bond acceptors (Lipinski definition) is 6. The van der Waals surface area contributed by atoms with E-state index in [2.05, 4.69) is 20.9 Å². The molecule has 3 N–H and O–H groups in total. The summed E-state index contributed by atoms with van der Waals surface area (Å²) >= 11 is 1.30. The molecule has 0 aliphatic heterocycles. The Kier molecular flexibility index (Phi) is 8.03. The molecule has 0 fully saturated rings. The van der Waals surface area contributed by atoms with Gasteiger partial charge in [-0.1, -0.05) is 18.2 Å². The second kappa shape index (κ2) is 10.5. The van der Waals surface area contributed by atoms with E-state index in [-0.39, 0.29) is 18.2 Å². The average molecular weight is 362 g/mol. The average Bonchev–Trinajstić information content (AvgIpc) is 3.05. The van der Waals surface area contributed by atoms with Crippen LogP contribution in [0.1, 0.15) is 16.1 Å². The van der Waals surface area contributed by atoms with Crippen LogP contribution in [-0.2, 0) is 16.0 Å². The summed E-state index contributed by atoms with van der Waals surface area (Å²) in [6.45, 7) is 2.63. The van der Waals surface area contributed by atoms with Crippen molar-refractivity contribution in [1.29, 1.82) is 0 Å². The molecule has 0 radical (unpaired) electrons. The third-order valence-corrected chi connectivity index (χ3v) is 4.06. The van der Waals surface area contributed by atoms with Crippen LogP contribution in [-0.4, -0.2) is 50.1 Å². The van der Waals surface area contributed by atoms with Gasteiger partial charge in [0.15, 0.2) is 5.13 Å². The van der Waals surface area contributed by atoms with Crippen molar-refractivity contribution in [3.8, 4) is 0 Å². The molecule has 2 aromatic rings. The number of thiazole rings is 1. The third-order valence-electron chi connectivity index (χ3n) is 3.26. The summed E-state index contributed by atoms with van der Waals surface area (Å²) in [7, 11) is 1.65. The summed E-state index contributed by atoms with van der Waals surface area (Å²) in [5.41, 5.74) is 1.20. The summed E-state index contributed by atoms with van der Waals surface area (Å²) in [6.07, 6.45) is 0.190. The van der Waals surface area contributed by atoms with E-state index in [1.54, 1.807) is 36.8 Å². The monoisotopic (exact) mass is 362 g/mol. The van der Waals surface area contributed by atoms with Crippen LogP contribution >= 0.6 is 11.3 Å². The highest BCUT2D eigenvalue weighted by molar-refractivity contribution is 7.14. The van der Waals surface area contributed by atoms with Gasteiger partial charge >= 0.3 is 0 Å². The summed E-state index contributed by atoms with van der Waals surface area (Å²) in [6, 6.07) is 8.92. The van der Waals surface area contributed by atoms with Crippen molar-refractivity contribution in [1.82, 2.24) is 15.6 Å². The molecule has 7 nitrogen and oxygen atoms in total. The van der Waals surface area contributed by atoms with Crippen molar-refractivity contribution in [3.63, 3.8) is 0 Å². The van der Waals surface area contributed by atoms with Crippen LogP contribution in [0.5, 0.6) is 0 Å². The number of ether oxygens (including phenoxy) is 1. The quantitative estimate of drug-likeness (QED) is 0.554. The molecule has 134 valence electrons. The Morgan fingerprint density at radius 3 is 2.72 bits per heavy atom. The lowest BCUT2D eigenvalue weighted by Crippen LogP contribution is -2.33. The number of hydrogen-bond donors (Lipinski definition) is 3. The molecule has 8 heteroatoms. The zero-order valence-electron chi connectivity index (χ0n) is 14.1. The Balaban J connectivity index is 1.72.